The third-order valence-corrected chi connectivity index (χ3v) is 6.87. The minimum absolute atomic E-state index is 0.0658. The first-order chi connectivity index (χ1) is 14.9. The van der Waals surface area contributed by atoms with Crippen LogP contribution in [0.3, 0.4) is 0 Å². The second-order valence-electron chi connectivity index (χ2n) is 8.45. The summed E-state index contributed by atoms with van der Waals surface area (Å²) in [6, 6.07) is 5.97. The summed E-state index contributed by atoms with van der Waals surface area (Å²) in [6.07, 6.45) is 7.47. The molecule has 0 bridgehead atoms. The number of hydrogen-bond acceptors (Lipinski definition) is 3. The highest BCUT2D eigenvalue weighted by molar-refractivity contribution is 6.03. The van der Waals surface area contributed by atoms with Crippen LogP contribution in [-0.4, -0.2) is 15.9 Å². The van der Waals surface area contributed by atoms with Crippen LogP contribution in [0, 0.1) is 30.4 Å². The van der Waals surface area contributed by atoms with Gasteiger partial charge in [-0.2, -0.15) is 0 Å². The number of aromatic nitrogens is 2. The molecule has 0 aliphatic heterocycles. The van der Waals surface area contributed by atoms with E-state index in [4.69, 9.17) is 5.73 Å². The van der Waals surface area contributed by atoms with E-state index in [9.17, 15) is 18.4 Å². The summed E-state index contributed by atoms with van der Waals surface area (Å²) in [5.74, 6) is -2.04. The van der Waals surface area contributed by atoms with Crippen molar-refractivity contribution in [1.29, 1.82) is 0 Å². The van der Waals surface area contributed by atoms with Crippen molar-refractivity contribution in [2.75, 3.05) is 0 Å². The molecule has 0 radical (unpaired) electrons. The molecule has 158 valence electrons. The molecule has 5 rings (SSSR count). The summed E-state index contributed by atoms with van der Waals surface area (Å²) < 4.78 is 28.2. The number of hydrogen-bond donors (Lipinski definition) is 2. The summed E-state index contributed by atoms with van der Waals surface area (Å²) in [5, 5.41) is 0.163. The zero-order valence-corrected chi connectivity index (χ0v) is 16.9. The lowest BCUT2D eigenvalue weighted by Gasteiger charge is -2.46. The third kappa shape index (κ3) is 2.99. The summed E-state index contributed by atoms with van der Waals surface area (Å²) in [4.78, 5) is 31.9. The number of nitrogens with two attached hydrogens (primary N) is 1. The second-order valence-corrected chi connectivity index (χ2v) is 8.45. The lowest BCUT2D eigenvalue weighted by atomic mass is 9.58. The molecule has 7 heteroatoms. The summed E-state index contributed by atoms with van der Waals surface area (Å²) in [6.45, 7) is 1.60. The molecule has 1 saturated carbocycles. The highest BCUT2D eigenvalue weighted by Gasteiger charge is 2.43. The van der Waals surface area contributed by atoms with Crippen LogP contribution in [-0.2, 0) is 0 Å². The van der Waals surface area contributed by atoms with Crippen LogP contribution >= 0.6 is 0 Å². The largest absolute Gasteiger partial charge is 0.364 e. The van der Waals surface area contributed by atoms with E-state index in [1.165, 1.54) is 18.3 Å². The number of benzene rings is 1. The SMILES string of the molecule is Cc1c([C@H]2[C@@H]3C=C[C@@H]3CC[C@@H]2c2cc(=O)c3c(C(N)=O)nccc3[nH]2)ccc(F)c1F. The molecule has 0 unspecified atom stereocenters. The number of amides is 1. The summed E-state index contributed by atoms with van der Waals surface area (Å²) >= 11 is 0. The van der Waals surface area contributed by atoms with Crippen molar-refractivity contribution >= 4 is 16.8 Å². The monoisotopic (exact) mass is 421 g/mol. The van der Waals surface area contributed by atoms with Crippen molar-refractivity contribution in [1.82, 2.24) is 9.97 Å². The first-order valence-corrected chi connectivity index (χ1v) is 10.3. The van der Waals surface area contributed by atoms with Gasteiger partial charge in [-0.05, 0) is 60.8 Å². The topological polar surface area (TPSA) is 88.8 Å². The highest BCUT2D eigenvalue weighted by atomic mass is 19.2. The first kappa shape index (κ1) is 19.6. The normalized spacial score (nSPS) is 24.6. The third-order valence-electron chi connectivity index (χ3n) is 6.87. The molecule has 2 aromatic heterocycles. The van der Waals surface area contributed by atoms with E-state index in [1.807, 2.05) is 0 Å². The van der Waals surface area contributed by atoms with E-state index in [1.54, 1.807) is 19.1 Å². The van der Waals surface area contributed by atoms with E-state index >= 15 is 0 Å². The van der Waals surface area contributed by atoms with Crippen molar-refractivity contribution in [3.8, 4) is 0 Å². The van der Waals surface area contributed by atoms with E-state index in [0.29, 0.717) is 22.7 Å². The first-order valence-electron chi connectivity index (χ1n) is 10.3. The Morgan fingerprint density at radius 3 is 2.71 bits per heavy atom. The molecule has 3 N–H and O–H groups in total. The average Bonchev–Trinajstić information content (AvgIpc) is 2.72. The van der Waals surface area contributed by atoms with Crippen molar-refractivity contribution in [3.63, 3.8) is 0 Å². The minimum atomic E-state index is -0.861. The zero-order valence-electron chi connectivity index (χ0n) is 16.9. The molecular weight excluding hydrogens is 400 g/mol. The average molecular weight is 421 g/mol. The Bertz CT molecular complexity index is 1310. The van der Waals surface area contributed by atoms with Gasteiger partial charge < -0.3 is 10.7 Å². The number of nitrogens with zero attached hydrogens (tertiary/aromatic N) is 1. The van der Waals surface area contributed by atoms with E-state index < -0.39 is 17.5 Å². The van der Waals surface area contributed by atoms with Crippen LogP contribution in [0.5, 0.6) is 0 Å². The van der Waals surface area contributed by atoms with Crippen LogP contribution in [0.2, 0.25) is 0 Å². The van der Waals surface area contributed by atoms with E-state index in [0.717, 1.165) is 18.4 Å². The molecular formula is C24H21F2N3O2. The lowest BCUT2D eigenvalue weighted by Crippen LogP contribution is -2.35. The van der Waals surface area contributed by atoms with Gasteiger partial charge in [0.2, 0.25) is 0 Å². The molecule has 4 atom stereocenters. The Labute approximate surface area is 177 Å². The van der Waals surface area contributed by atoms with Crippen LogP contribution in [0.25, 0.3) is 10.9 Å². The van der Waals surface area contributed by atoms with Crippen LogP contribution in [0.15, 0.2) is 47.4 Å². The smallest absolute Gasteiger partial charge is 0.268 e. The number of nitrogens with one attached hydrogen (secondary N) is 1. The van der Waals surface area contributed by atoms with E-state index in [2.05, 4.69) is 22.1 Å². The van der Waals surface area contributed by atoms with Gasteiger partial charge in [-0.3, -0.25) is 14.6 Å². The maximum atomic E-state index is 14.4. The second kappa shape index (κ2) is 7.11. The maximum Gasteiger partial charge on any atom is 0.268 e. The van der Waals surface area contributed by atoms with Gasteiger partial charge in [0, 0.05) is 23.9 Å². The molecule has 31 heavy (non-hydrogen) atoms. The fourth-order valence-electron chi connectivity index (χ4n) is 5.30. The molecule has 3 aromatic rings. The predicted molar refractivity (Wildman–Crippen MR) is 113 cm³/mol. The fraction of sp³-hybridized carbons (Fsp3) is 0.292. The van der Waals surface area contributed by atoms with Crippen LogP contribution in [0.4, 0.5) is 8.78 Å². The molecule has 0 saturated heterocycles. The van der Waals surface area contributed by atoms with Gasteiger partial charge in [0.1, 0.15) is 5.69 Å². The Hall–Kier alpha value is -3.35. The number of carbonyl (C=O) groups excluding carboxylic acids is 1. The predicted octanol–water partition coefficient (Wildman–Crippen LogP) is 4.07. The van der Waals surface area contributed by atoms with Gasteiger partial charge in [0.15, 0.2) is 17.1 Å². The molecule has 0 spiro atoms. The number of carbonyl (C=O) groups is 1. The fourth-order valence-corrected chi connectivity index (χ4v) is 5.30. The van der Waals surface area contributed by atoms with Crippen LogP contribution in [0.1, 0.15) is 52.0 Å². The van der Waals surface area contributed by atoms with Crippen LogP contribution < -0.4 is 11.2 Å². The number of primary amides is 1. The van der Waals surface area contributed by atoms with Gasteiger partial charge in [-0.1, -0.05) is 18.2 Å². The summed E-state index contributed by atoms with van der Waals surface area (Å²) in [7, 11) is 0. The van der Waals surface area contributed by atoms with Gasteiger partial charge >= 0.3 is 0 Å². The summed E-state index contributed by atoms with van der Waals surface area (Å²) in [5.41, 5.74) is 7.25. The Balaban J connectivity index is 1.67. The molecule has 5 nitrogen and oxygen atoms in total. The van der Waals surface area contributed by atoms with Gasteiger partial charge in [-0.15, -0.1) is 0 Å². The number of halogens is 2. The molecule has 2 heterocycles. The van der Waals surface area contributed by atoms with Crippen molar-refractivity contribution in [2.45, 2.75) is 31.6 Å². The van der Waals surface area contributed by atoms with Gasteiger partial charge in [-0.25, -0.2) is 8.78 Å². The molecule has 2 aliphatic carbocycles. The minimum Gasteiger partial charge on any atom is -0.364 e. The van der Waals surface area contributed by atoms with Gasteiger partial charge in [0.25, 0.3) is 5.91 Å². The number of H-pyrrole nitrogens is 1. The Morgan fingerprint density at radius 2 is 2.00 bits per heavy atom. The standard InChI is InChI=1S/C24H21F2N3O2/c1-11-13(6-7-16(25)22(11)26)20-14-4-2-12(14)3-5-15(20)18-10-19(30)21-17(29-18)8-9-28-23(21)24(27)31/h2,4,6-10,12,14-15,20H,3,5H2,1H3,(H2,27,31)(H,29,30)/t12-,14-,15-,20+/m1/s1. The van der Waals surface area contributed by atoms with Gasteiger partial charge in [0.05, 0.1) is 10.9 Å². The number of allylic oxidation sites excluding steroid dienone is 2. The zero-order chi connectivity index (χ0) is 21.9. The maximum absolute atomic E-state index is 14.4. The Morgan fingerprint density at radius 1 is 1.19 bits per heavy atom. The lowest BCUT2D eigenvalue weighted by molar-refractivity contribution is 0.0997. The number of rotatable bonds is 3. The quantitative estimate of drug-likeness (QED) is 0.625. The van der Waals surface area contributed by atoms with Crippen molar-refractivity contribution in [2.24, 2.45) is 17.6 Å². The number of aromatic amines is 1. The molecule has 2 aliphatic rings. The highest BCUT2D eigenvalue weighted by Crippen LogP contribution is 2.54. The van der Waals surface area contributed by atoms with Crippen molar-refractivity contribution in [3.05, 3.63) is 87.0 Å². The van der Waals surface area contributed by atoms with E-state index in [-0.39, 0.29) is 34.3 Å². The molecule has 1 aromatic carbocycles. The van der Waals surface area contributed by atoms with Crippen molar-refractivity contribution < 1.29 is 13.6 Å². The molecule has 1 fully saturated rings. The molecule has 1 amide bonds. The number of fused-ring (bicyclic) bond motifs is 2. The number of pyridine rings is 2. The Kier molecular flexibility index (Phi) is 4.50.